The van der Waals surface area contributed by atoms with E-state index in [2.05, 4.69) is 27.6 Å². The van der Waals surface area contributed by atoms with E-state index in [9.17, 15) is 13.2 Å². The Morgan fingerprint density at radius 3 is 2.62 bits per heavy atom. The quantitative estimate of drug-likeness (QED) is 0.766. The second kappa shape index (κ2) is 6.06. The van der Waals surface area contributed by atoms with Gasteiger partial charge >= 0.3 is 5.97 Å². The third kappa shape index (κ3) is 3.84. The van der Waals surface area contributed by atoms with Gasteiger partial charge in [0.1, 0.15) is 0 Å². The third-order valence-corrected chi connectivity index (χ3v) is 5.94. The SMILES string of the molecule is CCCC1(CNS(=O)(=O)c2ccc(Br)c(C(=O)O)c2)CC1. The normalized spacial score (nSPS) is 16.7. The van der Waals surface area contributed by atoms with Crippen LogP contribution in [0.3, 0.4) is 0 Å². The smallest absolute Gasteiger partial charge is 0.336 e. The van der Waals surface area contributed by atoms with Gasteiger partial charge in [-0.3, -0.25) is 0 Å². The van der Waals surface area contributed by atoms with Crippen LogP contribution in [-0.4, -0.2) is 26.0 Å². The molecule has 2 rings (SSSR count). The number of carboxylic acids is 1. The van der Waals surface area contributed by atoms with Crippen LogP contribution in [0.1, 0.15) is 43.0 Å². The first-order valence-corrected chi connectivity index (χ1v) is 9.10. The Kier molecular flexibility index (Phi) is 4.75. The van der Waals surface area contributed by atoms with E-state index in [0.29, 0.717) is 11.0 Å². The summed E-state index contributed by atoms with van der Waals surface area (Å²) in [5.41, 5.74) is 0.0415. The van der Waals surface area contributed by atoms with Gasteiger partial charge in [0.25, 0.3) is 0 Å². The lowest BCUT2D eigenvalue weighted by Crippen LogP contribution is -2.30. The zero-order valence-electron chi connectivity index (χ0n) is 11.7. The van der Waals surface area contributed by atoms with Crippen molar-refractivity contribution in [3.05, 3.63) is 28.2 Å². The lowest BCUT2D eigenvalue weighted by molar-refractivity contribution is 0.0695. The monoisotopic (exact) mass is 375 g/mol. The fourth-order valence-electron chi connectivity index (χ4n) is 2.39. The topological polar surface area (TPSA) is 83.5 Å². The van der Waals surface area contributed by atoms with E-state index in [-0.39, 0.29) is 15.9 Å². The van der Waals surface area contributed by atoms with Crippen molar-refractivity contribution < 1.29 is 18.3 Å². The maximum Gasteiger partial charge on any atom is 0.336 e. The number of aromatic carboxylic acids is 1. The van der Waals surface area contributed by atoms with E-state index in [1.54, 1.807) is 0 Å². The molecule has 0 bridgehead atoms. The van der Waals surface area contributed by atoms with Gasteiger partial charge in [-0.2, -0.15) is 0 Å². The molecule has 21 heavy (non-hydrogen) atoms. The molecule has 0 spiro atoms. The van der Waals surface area contributed by atoms with Crippen molar-refractivity contribution in [1.29, 1.82) is 0 Å². The Morgan fingerprint density at radius 1 is 1.43 bits per heavy atom. The number of carboxylic acid groups (broad SMARTS) is 1. The molecular weight excluding hydrogens is 358 g/mol. The van der Waals surface area contributed by atoms with Gasteiger partial charge in [-0.15, -0.1) is 0 Å². The molecule has 0 unspecified atom stereocenters. The van der Waals surface area contributed by atoms with Crippen molar-refractivity contribution in [2.24, 2.45) is 5.41 Å². The molecular formula is C14H18BrNO4S. The first kappa shape index (κ1) is 16.5. The minimum Gasteiger partial charge on any atom is -0.478 e. The van der Waals surface area contributed by atoms with Crippen molar-refractivity contribution in [3.63, 3.8) is 0 Å². The molecule has 0 aromatic heterocycles. The number of sulfonamides is 1. The molecule has 1 fully saturated rings. The molecule has 7 heteroatoms. The number of rotatable bonds is 7. The summed E-state index contributed by atoms with van der Waals surface area (Å²) in [6, 6.07) is 4.02. The van der Waals surface area contributed by atoms with Gasteiger partial charge in [0.05, 0.1) is 10.5 Å². The van der Waals surface area contributed by atoms with E-state index in [1.807, 2.05) is 0 Å². The van der Waals surface area contributed by atoms with E-state index < -0.39 is 16.0 Å². The van der Waals surface area contributed by atoms with E-state index >= 15 is 0 Å². The van der Waals surface area contributed by atoms with E-state index in [4.69, 9.17) is 5.11 Å². The van der Waals surface area contributed by atoms with Gasteiger partial charge in [0, 0.05) is 11.0 Å². The lowest BCUT2D eigenvalue weighted by Gasteiger charge is -2.15. The molecule has 2 N–H and O–H groups in total. The zero-order valence-corrected chi connectivity index (χ0v) is 14.1. The van der Waals surface area contributed by atoms with Crippen LogP contribution in [0.2, 0.25) is 0 Å². The average Bonchev–Trinajstić information content (AvgIpc) is 3.17. The summed E-state index contributed by atoms with van der Waals surface area (Å²) in [6.07, 6.45) is 4.13. The standard InChI is InChI=1S/C14H18BrNO4S/c1-2-5-14(6-7-14)9-16-21(19,20)10-3-4-12(15)11(8-10)13(17)18/h3-4,8,16H,2,5-7,9H2,1H3,(H,17,18). The molecule has 1 aliphatic carbocycles. The van der Waals surface area contributed by atoms with Crippen LogP contribution in [0.15, 0.2) is 27.6 Å². The van der Waals surface area contributed by atoms with Crippen molar-refractivity contribution in [3.8, 4) is 0 Å². The Morgan fingerprint density at radius 2 is 2.10 bits per heavy atom. The highest BCUT2D eigenvalue weighted by Gasteiger charge is 2.42. The molecule has 0 amide bonds. The van der Waals surface area contributed by atoms with E-state index in [0.717, 1.165) is 25.7 Å². The number of benzene rings is 1. The van der Waals surface area contributed by atoms with Gasteiger partial charge in [0.2, 0.25) is 10.0 Å². The molecule has 5 nitrogen and oxygen atoms in total. The minimum absolute atomic E-state index is 0.0181. The Balaban J connectivity index is 2.16. The van der Waals surface area contributed by atoms with Crippen LogP contribution in [-0.2, 0) is 10.0 Å². The van der Waals surface area contributed by atoms with Crippen LogP contribution in [0.4, 0.5) is 0 Å². The number of carbonyl (C=O) groups is 1. The Bertz CT molecular complexity index is 653. The fourth-order valence-corrected chi connectivity index (χ4v) is 3.99. The molecule has 0 saturated heterocycles. The minimum atomic E-state index is -3.68. The Hall–Kier alpha value is -0.920. The highest BCUT2D eigenvalue weighted by molar-refractivity contribution is 9.10. The molecule has 1 aromatic carbocycles. The summed E-state index contributed by atoms with van der Waals surface area (Å²) in [7, 11) is -3.68. The lowest BCUT2D eigenvalue weighted by atomic mass is 10.0. The number of halogens is 1. The van der Waals surface area contributed by atoms with Gasteiger partial charge in [-0.25, -0.2) is 17.9 Å². The first-order valence-electron chi connectivity index (χ1n) is 6.82. The summed E-state index contributed by atoms with van der Waals surface area (Å²) in [6.45, 7) is 2.50. The second-order valence-corrected chi connectivity index (χ2v) is 8.14. The highest BCUT2D eigenvalue weighted by atomic mass is 79.9. The zero-order chi connectivity index (χ0) is 15.7. The summed E-state index contributed by atoms with van der Waals surface area (Å²) in [4.78, 5) is 11.0. The summed E-state index contributed by atoms with van der Waals surface area (Å²) in [5.74, 6) is -1.16. The predicted octanol–water partition coefficient (Wildman–Crippen LogP) is 3.01. The largest absolute Gasteiger partial charge is 0.478 e. The molecule has 0 aliphatic heterocycles. The summed E-state index contributed by atoms with van der Waals surface area (Å²) < 4.78 is 27.5. The maximum absolute atomic E-state index is 12.3. The first-order chi connectivity index (χ1) is 9.80. The van der Waals surface area contributed by atoms with Crippen LogP contribution < -0.4 is 4.72 Å². The van der Waals surface area contributed by atoms with Crippen LogP contribution in [0.25, 0.3) is 0 Å². The van der Waals surface area contributed by atoms with Crippen molar-refractivity contribution >= 4 is 31.9 Å². The molecule has 0 atom stereocenters. The molecule has 0 radical (unpaired) electrons. The molecule has 1 aromatic rings. The predicted molar refractivity (Wildman–Crippen MR) is 82.9 cm³/mol. The fraction of sp³-hybridized carbons (Fsp3) is 0.500. The summed E-state index contributed by atoms with van der Waals surface area (Å²) in [5, 5.41) is 9.05. The van der Waals surface area contributed by atoms with Crippen molar-refractivity contribution in [1.82, 2.24) is 4.72 Å². The number of hydrogen-bond acceptors (Lipinski definition) is 3. The number of hydrogen-bond donors (Lipinski definition) is 2. The van der Waals surface area contributed by atoms with E-state index in [1.165, 1.54) is 18.2 Å². The Labute approximate surface area is 132 Å². The molecule has 1 saturated carbocycles. The highest BCUT2D eigenvalue weighted by Crippen LogP contribution is 2.49. The summed E-state index contributed by atoms with van der Waals surface area (Å²) >= 11 is 3.10. The van der Waals surface area contributed by atoms with Gasteiger partial charge in [0.15, 0.2) is 0 Å². The third-order valence-electron chi connectivity index (χ3n) is 3.85. The molecule has 1 aliphatic rings. The van der Waals surface area contributed by atoms with Crippen molar-refractivity contribution in [2.45, 2.75) is 37.5 Å². The average molecular weight is 376 g/mol. The molecule has 116 valence electrons. The van der Waals surface area contributed by atoms with Gasteiger partial charge in [-0.1, -0.05) is 13.3 Å². The second-order valence-electron chi connectivity index (χ2n) is 5.52. The van der Waals surface area contributed by atoms with Gasteiger partial charge in [-0.05, 0) is 58.8 Å². The van der Waals surface area contributed by atoms with Crippen LogP contribution >= 0.6 is 15.9 Å². The maximum atomic E-state index is 12.3. The van der Waals surface area contributed by atoms with Gasteiger partial charge < -0.3 is 5.11 Å². The molecule has 0 heterocycles. The number of nitrogens with one attached hydrogen (secondary N) is 1. The van der Waals surface area contributed by atoms with Crippen LogP contribution in [0, 0.1) is 5.41 Å². The van der Waals surface area contributed by atoms with Crippen LogP contribution in [0.5, 0.6) is 0 Å². The van der Waals surface area contributed by atoms with Crippen molar-refractivity contribution in [2.75, 3.05) is 6.54 Å².